The summed E-state index contributed by atoms with van der Waals surface area (Å²) in [6.45, 7) is 4.14. The molecule has 0 aromatic heterocycles. The minimum absolute atomic E-state index is 0. The minimum atomic E-state index is -4.05. The second-order valence-electron chi connectivity index (χ2n) is 3.35. The second kappa shape index (κ2) is 6.66. The molecule has 0 aliphatic carbocycles. The van der Waals surface area contributed by atoms with Crippen LogP contribution >= 0.6 is 0 Å². The summed E-state index contributed by atoms with van der Waals surface area (Å²) in [4.78, 5) is -0.0513. The summed E-state index contributed by atoms with van der Waals surface area (Å²) in [5, 5.41) is 0. The zero-order chi connectivity index (χ0) is 10.8. The second-order valence-corrected chi connectivity index (χ2v) is 4.77. The first-order valence-corrected chi connectivity index (χ1v) is 5.96. The highest BCUT2D eigenvalue weighted by atomic mass is 32.2. The molecule has 1 atom stereocenters. The largest absolute Gasteiger partial charge is 0.294 e. The van der Waals surface area contributed by atoms with E-state index in [1.165, 1.54) is 12.1 Å². The van der Waals surface area contributed by atoms with Crippen molar-refractivity contribution in [2.45, 2.75) is 45.9 Å². The van der Waals surface area contributed by atoms with Crippen LogP contribution in [-0.4, -0.2) is 13.0 Å². The molecule has 1 aromatic rings. The lowest BCUT2D eigenvalue weighted by Gasteiger charge is -2.08. The maximum absolute atomic E-state index is 10.7. The van der Waals surface area contributed by atoms with E-state index in [9.17, 15) is 8.42 Å². The average Bonchev–Trinajstić information content (AvgIpc) is 2.15. The highest BCUT2D eigenvalue weighted by molar-refractivity contribution is 7.85. The van der Waals surface area contributed by atoms with Crippen LogP contribution in [-0.2, 0) is 10.1 Å². The third-order valence-electron chi connectivity index (χ3n) is 2.36. The van der Waals surface area contributed by atoms with Gasteiger partial charge in [0.25, 0.3) is 10.1 Å². The van der Waals surface area contributed by atoms with Crippen LogP contribution in [0.2, 0.25) is 0 Å². The molecule has 0 heterocycles. The van der Waals surface area contributed by atoms with Gasteiger partial charge in [0.15, 0.2) is 0 Å². The van der Waals surface area contributed by atoms with Crippen LogP contribution in [0, 0.1) is 0 Å². The summed E-state index contributed by atoms with van der Waals surface area (Å²) in [5.41, 5.74) is 1.08. The van der Waals surface area contributed by atoms with Gasteiger partial charge in [0, 0.05) is 0 Å². The molecule has 0 radical (unpaired) electrons. The summed E-state index contributed by atoms with van der Waals surface area (Å²) in [5.74, 6) is 0.408. The summed E-state index contributed by atoms with van der Waals surface area (Å²) < 4.78 is 30.2. The number of benzene rings is 1. The van der Waals surface area contributed by atoms with Gasteiger partial charge in [-0.1, -0.05) is 40.8 Å². The van der Waals surface area contributed by atoms with Crippen molar-refractivity contribution < 1.29 is 13.0 Å². The van der Waals surface area contributed by atoms with Crippen molar-refractivity contribution in [3.8, 4) is 0 Å². The van der Waals surface area contributed by atoms with Crippen molar-refractivity contribution in [2.75, 3.05) is 0 Å². The van der Waals surface area contributed by atoms with Gasteiger partial charge in [0.05, 0.1) is 4.90 Å². The monoisotopic (exact) mass is 246 g/mol. The van der Waals surface area contributed by atoms with Crippen molar-refractivity contribution in [2.24, 2.45) is 0 Å². The van der Waals surface area contributed by atoms with Gasteiger partial charge in [0.1, 0.15) is 0 Å². The fourth-order valence-electron chi connectivity index (χ4n) is 1.20. The van der Waals surface area contributed by atoms with E-state index in [4.69, 9.17) is 4.55 Å². The van der Waals surface area contributed by atoms with Crippen molar-refractivity contribution in [3.05, 3.63) is 29.8 Å². The van der Waals surface area contributed by atoms with Gasteiger partial charge < -0.3 is 0 Å². The van der Waals surface area contributed by atoms with Crippen LogP contribution in [0.3, 0.4) is 0 Å². The van der Waals surface area contributed by atoms with Crippen LogP contribution in [0.1, 0.15) is 46.6 Å². The van der Waals surface area contributed by atoms with Gasteiger partial charge in [-0.15, -0.1) is 0 Å². The molecule has 1 unspecified atom stereocenters. The predicted octanol–water partition coefficient (Wildman–Crippen LogP) is 3.72. The van der Waals surface area contributed by atoms with Crippen LogP contribution in [0.4, 0.5) is 0 Å². The maximum atomic E-state index is 10.7. The Bertz CT molecular complexity index is 393. The predicted molar refractivity (Wildman–Crippen MR) is 68.4 cm³/mol. The molecule has 1 aromatic carbocycles. The zero-order valence-electron chi connectivity index (χ0n) is 8.27. The quantitative estimate of drug-likeness (QED) is 0.827. The van der Waals surface area contributed by atoms with Gasteiger partial charge >= 0.3 is 0 Å². The van der Waals surface area contributed by atoms with Crippen molar-refractivity contribution in [1.29, 1.82) is 0 Å². The first kappa shape index (κ1) is 17.5. The lowest BCUT2D eigenvalue weighted by Crippen LogP contribution is -1.98. The van der Waals surface area contributed by atoms with Gasteiger partial charge in [-0.05, 0) is 30.0 Å². The van der Waals surface area contributed by atoms with Crippen molar-refractivity contribution >= 4 is 10.1 Å². The Hall–Kier alpha value is -0.870. The van der Waals surface area contributed by atoms with Gasteiger partial charge in [0.2, 0.25) is 0 Å². The standard InChI is InChI=1S/C10H14O3S.2CH4/c1-3-8(2)9-4-6-10(7-5-9)14(11,12)13;;/h4-8H,3H2,1-2H3,(H,11,12,13);2*1H4. The van der Waals surface area contributed by atoms with E-state index in [0.29, 0.717) is 5.92 Å². The van der Waals surface area contributed by atoms with Crippen LogP contribution in [0.5, 0.6) is 0 Å². The molecule has 0 aliphatic rings. The fraction of sp³-hybridized carbons (Fsp3) is 0.500. The van der Waals surface area contributed by atoms with Crippen LogP contribution in [0.25, 0.3) is 0 Å². The highest BCUT2D eigenvalue weighted by Gasteiger charge is 2.09. The molecule has 0 aliphatic heterocycles. The molecule has 1 N–H and O–H groups in total. The summed E-state index contributed by atoms with van der Waals surface area (Å²) >= 11 is 0. The average molecular weight is 246 g/mol. The van der Waals surface area contributed by atoms with E-state index in [2.05, 4.69) is 13.8 Å². The molecule has 0 amide bonds. The molecule has 16 heavy (non-hydrogen) atoms. The van der Waals surface area contributed by atoms with E-state index in [1.54, 1.807) is 12.1 Å². The SMILES string of the molecule is C.C.CCC(C)c1ccc(S(=O)(=O)O)cc1. The third-order valence-corrected chi connectivity index (χ3v) is 3.23. The van der Waals surface area contributed by atoms with E-state index in [1.807, 2.05) is 0 Å². The molecule has 0 bridgehead atoms. The van der Waals surface area contributed by atoms with Crippen LogP contribution < -0.4 is 0 Å². The van der Waals surface area contributed by atoms with E-state index >= 15 is 0 Å². The molecule has 0 saturated heterocycles. The van der Waals surface area contributed by atoms with Gasteiger partial charge in [-0.25, -0.2) is 0 Å². The maximum Gasteiger partial charge on any atom is 0.294 e. The molecule has 0 spiro atoms. The summed E-state index contributed by atoms with van der Waals surface area (Å²) in [6, 6.07) is 6.32. The molecular weight excluding hydrogens is 224 g/mol. The van der Waals surface area contributed by atoms with E-state index in [0.717, 1.165) is 12.0 Å². The van der Waals surface area contributed by atoms with Gasteiger partial charge in [-0.3, -0.25) is 4.55 Å². The van der Waals surface area contributed by atoms with Crippen molar-refractivity contribution in [3.63, 3.8) is 0 Å². The van der Waals surface area contributed by atoms with Crippen LogP contribution in [0.15, 0.2) is 29.2 Å². The Balaban J connectivity index is 0. The molecule has 3 nitrogen and oxygen atoms in total. The number of hydrogen-bond donors (Lipinski definition) is 1. The molecule has 0 fully saturated rings. The van der Waals surface area contributed by atoms with Crippen molar-refractivity contribution in [1.82, 2.24) is 0 Å². The Morgan fingerprint density at radius 3 is 1.94 bits per heavy atom. The number of rotatable bonds is 3. The fourth-order valence-corrected chi connectivity index (χ4v) is 1.68. The molecule has 4 heteroatoms. The Morgan fingerprint density at radius 1 is 1.19 bits per heavy atom. The molecular formula is C12H22O3S. The molecule has 1 rings (SSSR count). The summed E-state index contributed by atoms with van der Waals surface area (Å²) in [7, 11) is -4.05. The summed E-state index contributed by atoms with van der Waals surface area (Å²) in [6.07, 6.45) is 1.01. The minimum Gasteiger partial charge on any atom is -0.282 e. The smallest absolute Gasteiger partial charge is 0.282 e. The highest BCUT2D eigenvalue weighted by Crippen LogP contribution is 2.20. The molecule has 94 valence electrons. The normalized spacial score (nSPS) is 12.2. The Labute approximate surface area is 99.3 Å². The third kappa shape index (κ3) is 4.33. The Kier molecular flexibility index (Phi) is 7.29. The zero-order valence-corrected chi connectivity index (χ0v) is 9.08. The topological polar surface area (TPSA) is 54.4 Å². The Morgan fingerprint density at radius 2 is 1.62 bits per heavy atom. The van der Waals surface area contributed by atoms with Gasteiger partial charge in [-0.2, -0.15) is 8.42 Å². The first-order valence-electron chi connectivity index (χ1n) is 4.52. The van der Waals surface area contributed by atoms with E-state index < -0.39 is 10.1 Å². The first-order chi connectivity index (χ1) is 6.45. The number of hydrogen-bond acceptors (Lipinski definition) is 2. The van der Waals surface area contributed by atoms with E-state index in [-0.39, 0.29) is 19.7 Å². The molecule has 0 saturated carbocycles. The lowest BCUT2D eigenvalue weighted by atomic mass is 9.99. The lowest BCUT2D eigenvalue weighted by molar-refractivity contribution is 0.483.